The topological polar surface area (TPSA) is 99.2 Å². The van der Waals surface area contributed by atoms with Gasteiger partial charge in [0.2, 0.25) is 5.91 Å². The van der Waals surface area contributed by atoms with Crippen LogP contribution in [0.15, 0.2) is 23.1 Å². The Morgan fingerprint density at radius 3 is 3.04 bits per heavy atom. The van der Waals surface area contributed by atoms with Crippen molar-refractivity contribution >= 4 is 35.2 Å². The third-order valence-corrected chi connectivity index (χ3v) is 5.51. The first-order valence-corrected chi connectivity index (χ1v) is 9.79. The number of aliphatic carboxylic acids is 1. The number of benzene rings is 1. The number of morpholine rings is 1. The van der Waals surface area contributed by atoms with E-state index in [4.69, 9.17) is 9.84 Å². The van der Waals surface area contributed by atoms with E-state index < -0.39 is 5.97 Å². The molecule has 146 valence electrons. The van der Waals surface area contributed by atoms with Crippen LogP contribution in [-0.4, -0.2) is 84.4 Å². The number of carboxylic acids is 1. The Bertz CT molecular complexity index is 742. The summed E-state index contributed by atoms with van der Waals surface area (Å²) in [5, 5.41) is 11.7. The number of fused-ring (bicyclic) bond motifs is 1. The highest BCUT2D eigenvalue weighted by molar-refractivity contribution is 7.99. The van der Waals surface area contributed by atoms with Crippen LogP contribution in [0.2, 0.25) is 0 Å². The van der Waals surface area contributed by atoms with E-state index in [1.165, 1.54) is 0 Å². The fourth-order valence-corrected chi connectivity index (χ4v) is 4.13. The Labute approximate surface area is 161 Å². The van der Waals surface area contributed by atoms with Gasteiger partial charge in [-0.25, -0.2) is 0 Å². The standard InChI is InChI=1S/C18H23N3O5S/c1-20(11-17(23)24)9-13-10-21(5-6-26-13)18(25)12-2-3-15-14(8-12)19-16(22)4-7-27-15/h2-3,8,13H,4-7,9-11H2,1H3,(H,19,22)(H,23,24). The molecular formula is C18H23N3O5S. The van der Waals surface area contributed by atoms with E-state index in [0.29, 0.717) is 43.9 Å². The van der Waals surface area contributed by atoms with Crippen LogP contribution in [-0.2, 0) is 14.3 Å². The summed E-state index contributed by atoms with van der Waals surface area (Å²) in [5.74, 6) is -0.332. The highest BCUT2D eigenvalue weighted by Crippen LogP contribution is 2.31. The maximum Gasteiger partial charge on any atom is 0.317 e. The molecule has 9 heteroatoms. The Hall–Kier alpha value is -2.10. The molecular weight excluding hydrogens is 370 g/mol. The monoisotopic (exact) mass is 393 g/mol. The fourth-order valence-electron chi connectivity index (χ4n) is 3.19. The van der Waals surface area contributed by atoms with Gasteiger partial charge in [-0.05, 0) is 25.2 Å². The Morgan fingerprint density at radius 1 is 1.44 bits per heavy atom. The third-order valence-electron chi connectivity index (χ3n) is 4.43. The summed E-state index contributed by atoms with van der Waals surface area (Å²) in [7, 11) is 1.71. The van der Waals surface area contributed by atoms with E-state index in [9.17, 15) is 14.4 Å². The predicted molar refractivity (Wildman–Crippen MR) is 101 cm³/mol. The van der Waals surface area contributed by atoms with Crippen LogP contribution in [0, 0.1) is 0 Å². The molecule has 2 aliphatic rings. The summed E-state index contributed by atoms with van der Waals surface area (Å²) in [6, 6.07) is 5.39. The van der Waals surface area contributed by atoms with E-state index >= 15 is 0 Å². The Kier molecular flexibility index (Phi) is 6.35. The highest BCUT2D eigenvalue weighted by atomic mass is 32.2. The first-order chi connectivity index (χ1) is 12.9. The number of carbonyl (C=O) groups excluding carboxylic acids is 2. The van der Waals surface area contributed by atoms with Gasteiger partial charge >= 0.3 is 5.97 Å². The van der Waals surface area contributed by atoms with Crippen LogP contribution >= 0.6 is 11.8 Å². The van der Waals surface area contributed by atoms with Gasteiger partial charge in [0.1, 0.15) is 0 Å². The molecule has 3 rings (SSSR count). The van der Waals surface area contributed by atoms with Gasteiger partial charge in [0.25, 0.3) is 5.91 Å². The van der Waals surface area contributed by atoms with Crippen molar-refractivity contribution in [3.63, 3.8) is 0 Å². The number of carboxylic acid groups (broad SMARTS) is 1. The van der Waals surface area contributed by atoms with Crippen LogP contribution in [0.5, 0.6) is 0 Å². The van der Waals surface area contributed by atoms with Crippen molar-refractivity contribution in [1.29, 1.82) is 0 Å². The van der Waals surface area contributed by atoms with Gasteiger partial charge in [-0.1, -0.05) is 0 Å². The van der Waals surface area contributed by atoms with Gasteiger partial charge in [0.15, 0.2) is 0 Å². The summed E-state index contributed by atoms with van der Waals surface area (Å²) in [5.41, 5.74) is 1.20. The molecule has 1 unspecified atom stereocenters. The molecule has 0 spiro atoms. The molecule has 27 heavy (non-hydrogen) atoms. The molecule has 1 saturated heterocycles. The van der Waals surface area contributed by atoms with E-state index in [1.54, 1.807) is 40.7 Å². The van der Waals surface area contributed by atoms with Crippen LogP contribution in [0.4, 0.5) is 5.69 Å². The fraction of sp³-hybridized carbons (Fsp3) is 0.500. The minimum absolute atomic E-state index is 0.0428. The number of hydrogen-bond donors (Lipinski definition) is 2. The molecule has 1 atom stereocenters. The average molecular weight is 393 g/mol. The Balaban J connectivity index is 1.66. The highest BCUT2D eigenvalue weighted by Gasteiger charge is 2.27. The lowest BCUT2D eigenvalue weighted by molar-refractivity contribution is -0.138. The molecule has 8 nitrogen and oxygen atoms in total. The van der Waals surface area contributed by atoms with Gasteiger partial charge in [0.05, 0.1) is 24.9 Å². The number of thioether (sulfide) groups is 1. The number of nitrogens with zero attached hydrogens (tertiary/aromatic N) is 2. The second kappa shape index (κ2) is 8.73. The number of likely N-dealkylation sites (N-methyl/N-ethyl adjacent to an activating group) is 1. The van der Waals surface area contributed by atoms with Crippen molar-refractivity contribution in [1.82, 2.24) is 9.80 Å². The van der Waals surface area contributed by atoms with Gasteiger partial charge in [-0.15, -0.1) is 11.8 Å². The SMILES string of the molecule is CN(CC(=O)O)CC1CN(C(=O)c2ccc3c(c2)NC(=O)CCS3)CCO1. The maximum atomic E-state index is 12.9. The minimum atomic E-state index is -0.897. The van der Waals surface area contributed by atoms with Crippen LogP contribution in [0.25, 0.3) is 0 Å². The van der Waals surface area contributed by atoms with E-state index in [0.717, 1.165) is 10.6 Å². The first-order valence-electron chi connectivity index (χ1n) is 8.80. The van der Waals surface area contributed by atoms with Gasteiger partial charge in [0, 0.05) is 42.3 Å². The summed E-state index contributed by atoms with van der Waals surface area (Å²) in [4.78, 5) is 39.8. The van der Waals surface area contributed by atoms with E-state index in [2.05, 4.69) is 5.32 Å². The molecule has 1 aromatic rings. The summed E-state index contributed by atoms with van der Waals surface area (Å²) >= 11 is 1.60. The number of nitrogens with one attached hydrogen (secondary N) is 1. The number of anilines is 1. The van der Waals surface area contributed by atoms with Crippen LogP contribution in [0.1, 0.15) is 16.8 Å². The molecule has 0 aromatic heterocycles. The van der Waals surface area contributed by atoms with Gasteiger partial charge in [-0.3, -0.25) is 19.3 Å². The Morgan fingerprint density at radius 2 is 2.26 bits per heavy atom. The third kappa shape index (κ3) is 5.21. The second-order valence-corrected chi connectivity index (χ2v) is 7.83. The molecule has 2 amide bonds. The lowest BCUT2D eigenvalue weighted by Gasteiger charge is -2.34. The van der Waals surface area contributed by atoms with Gasteiger partial charge in [-0.2, -0.15) is 0 Å². The van der Waals surface area contributed by atoms with Crippen molar-refractivity contribution in [2.75, 3.05) is 50.9 Å². The number of hydrogen-bond acceptors (Lipinski definition) is 6. The summed E-state index contributed by atoms with van der Waals surface area (Å²) in [6.07, 6.45) is 0.223. The maximum absolute atomic E-state index is 12.9. The molecule has 2 N–H and O–H groups in total. The van der Waals surface area contributed by atoms with E-state index in [-0.39, 0.29) is 24.5 Å². The molecule has 1 fully saturated rings. The van der Waals surface area contributed by atoms with Crippen molar-refractivity contribution in [3.8, 4) is 0 Å². The number of amides is 2. The number of rotatable bonds is 5. The first kappa shape index (κ1) is 19.7. The molecule has 0 saturated carbocycles. The van der Waals surface area contributed by atoms with Crippen molar-refractivity contribution < 1.29 is 24.2 Å². The molecule has 0 bridgehead atoms. The quantitative estimate of drug-likeness (QED) is 0.769. The molecule has 2 heterocycles. The van der Waals surface area contributed by atoms with Crippen molar-refractivity contribution in [3.05, 3.63) is 23.8 Å². The average Bonchev–Trinajstić information content (AvgIpc) is 2.80. The zero-order chi connectivity index (χ0) is 19.4. The van der Waals surface area contributed by atoms with Crippen LogP contribution in [0.3, 0.4) is 0 Å². The summed E-state index contributed by atoms with van der Waals surface area (Å²) < 4.78 is 5.68. The second-order valence-electron chi connectivity index (χ2n) is 6.69. The van der Waals surface area contributed by atoms with E-state index in [1.807, 2.05) is 6.07 Å². The molecule has 0 radical (unpaired) electrons. The lowest BCUT2D eigenvalue weighted by atomic mass is 10.1. The van der Waals surface area contributed by atoms with Crippen LogP contribution < -0.4 is 5.32 Å². The molecule has 1 aromatic carbocycles. The molecule has 2 aliphatic heterocycles. The zero-order valence-electron chi connectivity index (χ0n) is 15.1. The number of ether oxygens (including phenoxy) is 1. The number of carbonyl (C=O) groups is 3. The summed E-state index contributed by atoms with van der Waals surface area (Å²) in [6.45, 7) is 1.66. The normalized spacial score (nSPS) is 20.0. The lowest BCUT2D eigenvalue weighted by Crippen LogP contribution is -2.49. The molecule has 0 aliphatic carbocycles. The minimum Gasteiger partial charge on any atom is -0.480 e. The van der Waals surface area contributed by atoms with Crippen molar-refractivity contribution in [2.24, 2.45) is 0 Å². The predicted octanol–water partition coefficient (Wildman–Crippen LogP) is 0.978. The smallest absolute Gasteiger partial charge is 0.317 e. The largest absolute Gasteiger partial charge is 0.480 e. The van der Waals surface area contributed by atoms with Gasteiger partial charge < -0.3 is 20.1 Å². The van der Waals surface area contributed by atoms with Crippen molar-refractivity contribution in [2.45, 2.75) is 17.4 Å². The zero-order valence-corrected chi connectivity index (χ0v) is 16.0.